The number of hydrogen-bond acceptors (Lipinski definition) is 7. The standard InChI is InChI=1S/C24H33IN8O3/c1-5-32-18-8-7-17(36-15-20(34)27-9-10-31(3)4)11-19(18)33(6-2)21(32)14-29-24(35)22-23(26)28-13-16(12-25)30-22/h7-8,11,13H,5-6,9-10,12,14-15H2,1-4H3,(H3-,26,27,28,29,34,35)/p+1. The Morgan fingerprint density at radius 2 is 2.03 bits per heavy atom. The summed E-state index contributed by atoms with van der Waals surface area (Å²) in [7, 11) is 3.91. The number of nitrogens with zero attached hydrogens (tertiary/aromatic N) is 5. The van der Waals surface area contributed by atoms with Gasteiger partial charge in [0.25, 0.3) is 17.6 Å². The number of alkyl halides is 1. The van der Waals surface area contributed by atoms with E-state index in [9.17, 15) is 9.59 Å². The highest BCUT2D eigenvalue weighted by molar-refractivity contribution is 14.1. The van der Waals surface area contributed by atoms with Crippen molar-refractivity contribution >= 4 is 51.3 Å². The van der Waals surface area contributed by atoms with E-state index in [0.717, 1.165) is 29.9 Å². The molecule has 0 saturated carbocycles. The van der Waals surface area contributed by atoms with Crippen molar-refractivity contribution in [2.24, 2.45) is 0 Å². The maximum atomic E-state index is 12.9. The number of likely N-dealkylation sites (N-methyl/N-ethyl adjacent to an activating group) is 1. The Kier molecular flexibility index (Phi) is 9.81. The van der Waals surface area contributed by atoms with Gasteiger partial charge in [-0.05, 0) is 40.1 Å². The fourth-order valence-corrected chi connectivity index (χ4v) is 4.25. The number of amides is 2. The Balaban J connectivity index is 1.78. The SMILES string of the molecule is CCn1c(CNC(=O)c2nc(CI)cnc2N)[n+](CC)c2ccc(OCC(=O)NCCN(C)C)cc21. The Hall–Kier alpha value is -3.00. The molecule has 0 fully saturated rings. The fourth-order valence-electron chi connectivity index (χ4n) is 3.89. The van der Waals surface area contributed by atoms with Gasteiger partial charge in [-0.15, -0.1) is 0 Å². The van der Waals surface area contributed by atoms with Gasteiger partial charge in [-0.1, -0.05) is 22.6 Å². The summed E-state index contributed by atoms with van der Waals surface area (Å²) in [4.78, 5) is 35.4. The van der Waals surface area contributed by atoms with Gasteiger partial charge in [-0.2, -0.15) is 0 Å². The highest BCUT2D eigenvalue weighted by atomic mass is 127. The minimum Gasteiger partial charge on any atom is -0.484 e. The lowest BCUT2D eigenvalue weighted by Crippen LogP contribution is -2.40. The monoisotopic (exact) mass is 609 g/mol. The number of rotatable bonds is 12. The van der Waals surface area contributed by atoms with Crippen LogP contribution >= 0.6 is 22.6 Å². The van der Waals surface area contributed by atoms with Crippen molar-refractivity contribution in [1.82, 2.24) is 30.1 Å². The maximum Gasteiger partial charge on any atom is 0.277 e. The lowest BCUT2D eigenvalue weighted by atomic mass is 10.3. The molecule has 0 unspecified atom stereocenters. The molecule has 0 saturated heterocycles. The van der Waals surface area contributed by atoms with Gasteiger partial charge in [0.05, 0.1) is 25.0 Å². The molecular formula is C24H34IN8O3+. The third-order valence-corrected chi connectivity index (χ3v) is 6.43. The average Bonchev–Trinajstić information content (AvgIpc) is 3.17. The predicted molar refractivity (Wildman–Crippen MR) is 146 cm³/mol. The summed E-state index contributed by atoms with van der Waals surface area (Å²) < 4.78 is 10.7. The molecule has 12 heteroatoms. The number of fused-ring (bicyclic) bond motifs is 1. The van der Waals surface area contributed by atoms with Crippen LogP contribution in [0.2, 0.25) is 0 Å². The number of ether oxygens (including phenoxy) is 1. The average molecular weight is 609 g/mol. The van der Waals surface area contributed by atoms with Gasteiger partial charge in [0, 0.05) is 23.6 Å². The third-order valence-electron chi connectivity index (χ3n) is 5.64. The molecule has 2 amide bonds. The van der Waals surface area contributed by atoms with Gasteiger partial charge in [0.1, 0.15) is 12.3 Å². The van der Waals surface area contributed by atoms with Crippen LogP contribution in [-0.2, 0) is 28.9 Å². The first kappa shape index (κ1) is 27.6. The quantitative estimate of drug-likeness (QED) is 0.160. The molecule has 0 aliphatic rings. The zero-order chi connectivity index (χ0) is 26.2. The van der Waals surface area contributed by atoms with Crippen LogP contribution in [-0.4, -0.2) is 65.0 Å². The predicted octanol–water partition coefficient (Wildman–Crippen LogP) is 1.26. The van der Waals surface area contributed by atoms with Crippen molar-refractivity contribution in [3.63, 3.8) is 0 Å². The lowest BCUT2D eigenvalue weighted by molar-refractivity contribution is -0.676. The van der Waals surface area contributed by atoms with Crippen LogP contribution in [0.25, 0.3) is 11.0 Å². The number of anilines is 1. The zero-order valence-electron chi connectivity index (χ0n) is 21.2. The fraction of sp³-hybridized carbons (Fsp3) is 0.458. The van der Waals surface area contributed by atoms with E-state index >= 15 is 0 Å². The van der Waals surface area contributed by atoms with Crippen LogP contribution < -0.4 is 25.7 Å². The molecule has 0 spiro atoms. The van der Waals surface area contributed by atoms with E-state index in [1.54, 1.807) is 6.20 Å². The molecule has 0 aliphatic heterocycles. The maximum absolute atomic E-state index is 12.9. The van der Waals surface area contributed by atoms with E-state index in [1.807, 2.05) is 44.1 Å². The summed E-state index contributed by atoms with van der Waals surface area (Å²) >= 11 is 2.17. The van der Waals surface area contributed by atoms with Crippen molar-refractivity contribution in [2.45, 2.75) is 37.9 Å². The van der Waals surface area contributed by atoms with Gasteiger partial charge in [0.2, 0.25) is 0 Å². The molecule has 2 heterocycles. The van der Waals surface area contributed by atoms with Crippen molar-refractivity contribution in [1.29, 1.82) is 0 Å². The van der Waals surface area contributed by atoms with E-state index in [4.69, 9.17) is 10.5 Å². The number of carbonyl (C=O) groups is 2. The molecular weight excluding hydrogens is 575 g/mol. The smallest absolute Gasteiger partial charge is 0.277 e. The summed E-state index contributed by atoms with van der Waals surface area (Å²) in [5.74, 6) is 1.11. The highest BCUT2D eigenvalue weighted by Crippen LogP contribution is 2.22. The number of benzene rings is 1. The number of aromatic nitrogens is 4. The van der Waals surface area contributed by atoms with Crippen molar-refractivity contribution in [2.75, 3.05) is 39.5 Å². The van der Waals surface area contributed by atoms with E-state index < -0.39 is 0 Å². The molecule has 0 aliphatic carbocycles. The van der Waals surface area contributed by atoms with E-state index in [-0.39, 0.29) is 36.5 Å². The van der Waals surface area contributed by atoms with Gasteiger partial charge < -0.3 is 26.0 Å². The second-order valence-electron chi connectivity index (χ2n) is 8.41. The first-order chi connectivity index (χ1) is 17.3. The first-order valence-corrected chi connectivity index (χ1v) is 13.4. The molecule has 1 aromatic carbocycles. The summed E-state index contributed by atoms with van der Waals surface area (Å²) in [6, 6.07) is 5.76. The van der Waals surface area contributed by atoms with E-state index in [2.05, 4.69) is 59.3 Å². The summed E-state index contributed by atoms with van der Waals surface area (Å²) in [5.41, 5.74) is 8.70. The Labute approximate surface area is 224 Å². The lowest BCUT2D eigenvalue weighted by Gasteiger charge is -2.11. The largest absolute Gasteiger partial charge is 0.484 e. The minimum absolute atomic E-state index is 0.0544. The van der Waals surface area contributed by atoms with Crippen molar-refractivity contribution in [3.8, 4) is 5.75 Å². The van der Waals surface area contributed by atoms with Crippen LogP contribution in [0.3, 0.4) is 0 Å². The second kappa shape index (κ2) is 12.8. The number of aryl methyl sites for hydroxylation is 2. The van der Waals surface area contributed by atoms with Crippen LogP contribution in [0, 0.1) is 0 Å². The van der Waals surface area contributed by atoms with Crippen LogP contribution in [0.1, 0.15) is 35.9 Å². The van der Waals surface area contributed by atoms with E-state index in [1.165, 1.54) is 0 Å². The van der Waals surface area contributed by atoms with Crippen molar-refractivity contribution in [3.05, 3.63) is 41.6 Å². The highest BCUT2D eigenvalue weighted by Gasteiger charge is 2.25. The molecule has 2 aromatic heterocycles. The number of nitrogens with two attached hydrogens (primary N) is 1. The van der Waals surface area contributed by atoms with Gasteiger partial charge in [-0.25, -0.2) is 19.1 Å². The number of imidazole rings is 1. The van der Waals surface area contributed by atoms with Gasteiger partial charge >= 0.3 is 0 Å². The molecule has 3 aromatic rings. The third kappa shape index (κ3) is 6.60. The summed E-state index contributed by atoms with van der Waals surface area (Å²) in [6.45, 7) is 7.07. The number of hydrogen-bond donors (Lipinski definition) is 3. The molecule has 3 rings (SSSR count). The first-order valence-electron chi connectivity index (χ1n) is 11.8. The molecule has 4 N–H and O–H groups in total. The Bertz CT molecular complexity index is 1230. The summed E-state index contributed by atoms with van der Waals surface area (Å²) in [5, 5.41) is 5.79. The molecule has 11 nitrogen and oxygen atoms in total. The van der Waals surface area contributed by atoms with E-state index in [0.29, 0.717) is 29.0 Å². The second-order valence-corrected chi connectivity index (χ2v) is 9.17. The van der Waals surface area contributed by atoms with Crippen molar-refractivity contribution < 1.29 is 18.9 Å². The molecule has 36 heavy (non-hydrogen) atoms. The molecule has 0 radical (unpaired) electrons. The summed E-state index contributed by atoms with van der Waals surface area (Å²) in [6.07, 6.45) is 1.58. The molecule has 0 bridgehead atoms. The minimum atomic E-state index is -0.369. The zero-order valence-corrected chi connectivity index (χ0v) is 23.3. The number of halogens is 1. The number of nitrogens with one attached hydrogen (secondary N) is 2. The number of carbonyl (C=O) groups excluding carboxylic acids is 2. The normalized spacial score (nSPS) is 11.2. The molecule has 0 atom stereocenters. The Morgan fingerprint density at radius 1 is 1.25 bits per heavy atom. The van der Waals surface area contributed by atoms with Crippen LogP contribution in [0.15, 0.2) is 24.4 Å². The van der Waals surface area contributed by atoms with Gasteiger partial charge in [0.15, 0.2) is 29.2 Å². The molecule has 194 valence electrons. The van der Waals surface area contributed by atoms with Gasteiger partial charge in [-0.3, -0.25) is 9.59 Å². The number of nitrogen functional groups attached to an aromatic ring is 1. The Morgan fingerprint density at radius 3 is 2.69 bits per heavy atom. The topological polar surface area (TPSA) is 131 Å². The van der Waals surface area contributed by atoms with Crippen LogP contribution in [0.5, 0.6) is 5.75 Å². The van der Waals surface area contributed by atoms with Crippen LogP contribution in [0.4, 0.5) is 5.82 Å².